The predicted molar refractivity (Wildman–Crippen MR) is 129 cm³/mol. The molecular weight excluding hydrogens is 440 g/mol. The van der Waals surface area contributed by atoms with Gasteiger partial charge < -0.3 is 4.74 Å². The number of hydrogen-bond donors (Lipinski definition) is 0. The van der Waals surface area contributed by atoms with E-state index < -0.39 is 23.3 Å². The van der Waals surface area contributed by atoms with Crippen LogP contribution < -0.4 is 4.74 Å². The van der Waals surface area contributed by atoms with Crippen LogP contribution in [-0.2, 0) is 12.8 Å². The summed E-state index contributed by atoms with van der Waals surface area (Å²) in [4.78, 5) is 0. The fourth-order valence-electron chi connectivity index (χ4n) is 4.66. The molecule has 0 aromatic heterocycles. The van der Waals surface area contributed by atoms with E-state index in [9.17, 15) is 17.6 Å². The fraction of sp³-hybridized carbons (Fsp3) is 0.448. The molecule has 1 aliphatic carbocycles. The molecule has 184 valence electrons. The van der Waals surface area contributed by atoms with Gasteiger partial charge in [-0.2, -0.15) is 4.39 Å². The summed E-state index contributed by atoms with van der Waals surface area (Å²) < 4.78 is 62.7. The van der Waals surface area contributed by atoms with Crippen molar-refractivity contribution in [3.63, 3.8) is 0 Å². The molecule has 2 aromatic carbocycles. The number of hydrogen-bond acceptors (Lipinski definition) is 1. The average molecular weight is 475 g/mol. The van der Waals surface area contributed by atoms with Crippen LogP contribution >= 0.6 is 0 Å². The third kappa shape index (κ3) is 6.52. The molecule has 0 heterocycles. The highest BCUT2D eigenvalue weighted by Crippen LogP contribution is 2.38. The molecule has 34 heavy (non-hydrogen) atoms. The van der Waals surface area contributed by atoms with Crippen molar-refractivity contribution in [3.8, 4) is 5.75 Å². The lowest BCUT2D eigenvalue weighted by molar-refractivity contribution is 0.301. The summed E-state index contributed by atoms with van der Waals surface area (Å²) >= 11 is 0. The van der Waals surface area contributed by atoms with E-state index in [1.807, 2.05) is 13.0 Å². The van der Waals surface area contributed by atoms with Crippen LogP contribution in [0.5, 0.6) is 5.75 Å². The van der Waals surface area contributed by atoms with Crippen molar-refractivity contribution in [2.45, 2.75) is 70.6 Å². The van der Waals surface area contributed by atoms with Crippen LogP contribution in [0, 0.1) is 29.2 Å². The predicted octanol–water partition coefficient (Wildman–Crippen LogP) is 8.61. The van der Waals surface area contributed by atoms with Crippen LogP contribution in [0.1, 0.15) is 74.5 Å². The second-order valence-corrected chi connectivity index (χ2v) is 9.05. The number of aryl methyl sites for hydroxylation is 2. The number of ether oxygens (including phenoxy) is 1. The van der Waals surface area contributed by atoms with E-state index >= 15 is 0 Å². The van der Waals surface area contributed by atoms with Crippen LogP contribution in [0.4, 0.5) is 17.6 Å². The Morgan fingerprint density at radius 1 is 0.853 bits per heavy atom. The van der Waals surface area contributed by atoms with E-state index in [-0.39, 0.29) is 18.3 Å². The number of rotatable bonds is 11. The minimum absolute atomic E-state index is 0.0408. The Morgan fingerprint density at radius 2 is 1.53 bits per heavy atom. The zero-order valence-electron chi connectivity index (χ0n) is 19.9. The van der Waals surface area contributed by atoms with E-state index in [0.717, 1.165) is 32.1 Å². The molecule has 0 bridgehead atoms. The molecule has 1 aliphatic rings. The Hall–Kier alpha value is -2.56. The molecule has 0 unspecified atom stereocenters. The Labute approximate surface area is 200 Å². The van der Waals surface area contributed by atoms with E-state index in [2.05, 4.69) is 12.7 Å². The summed E-state index contributed by atoms with van der Waals surface area (Å²) in [5.74, 6) is -2.85. The van der Waals surface area contributed by atoms with Gasteiger partial charge in [0.1, 0.15) is 0 Å². The molecule has 1 fully saturated rings. The Morgan fingerprint density at radius 3 is 2.24 bits per heavy atom. The van der Waals surface area contributed by atoms with Crippen molar-refractivity contribution in [1.29, 1.82) is 0 Å². The quantitative estimate of drug-likeness (QED) is 0.180. The Bertz CT molecular complexity index is 990. The second kappa shape index (κ2) is 12.8. The molecular formula is C29H34F4O. The van der Waals surface area contributed by atoms with Gasteiger partial charge >= 0.3 is 0 Å². The largest absolute Gasteiger partial charge is 0.490 e. The lowest BCUT2D eigenvalue weighted by atomic mass is 9.78. The third-order valence-corrected chi connectivity index (χ3v) is 6.62. The molecule has 5 heteroatoms. The van der Waals surface area contributed by atoms with Gasteiger partial charge in [-0.1, -0.05) is 49.8 Å². The average Bonchev–Trinajstić information content (AvgIpc) is 2.84. The smallest absolute Gasteiger partial charge is 0.200 e. The molecule has 0 saturated heterocycles. The number of benzene rings is 2. The molecule has 0 spiro atoms. The second-order valence-electron chi connectivity index (χ2n) is 9.05. The van der Waals surface area contributed by atoms with Gasteiger partial charge in [0.25, 0.3) is 0 Å². The lowest BCUT2D eigenvalue weighted by Gasteiger charge is -2.27. The van der Waals surface area contributed by atoms with Gasteiger partial charge in [-0.25, -0.2) is 13.2 Å². The van der Waals surface area contributed by atoms with Crippen molar-refractivity contribution in [2.75, 3.05) is 6.61 Å². The summed E-state index contributed by atoms with van der Waals surface area (Å²) in [6.45, 7) is 5.78. The van der Waals surface area contributed by atoms with Crippen molar-refractivity contribution in [1.82, 2.24) is 0 Å². The Balaban J connectivity index is 1.48. The zero-order valence-corrected chi connectivity index (χ0v) is 19.9. The number of allylic oxidation sites excluding steroid dienone is 2. The molecule has 1 nitrogen and oxygen atoms in total. The van der Waals surface area contributed by atoms with Gasteiger partial charge in [0.15, 0.2) is 23.2 Å². The normalized spacial score (nSPS) is 18.4. The van der Waals surface area contributed by atoms with Gasteiger partial charge in [0.05, 0.1) is 6.61 Å². The number of halogens is 4. The van der Waals surface area contributed by atoms with Crippen LogP contribution in [0.15, 0.2) is 49.1 Å². The molecule has 0 N–H and O–H groups in total. The van der Waals surface area contributed by atoms with E-state index in [4.69, 9.17) is 4.74 Å². The van der Waals surface area contributed by atoms with Gasteiger partial charge in [-0.15, -0.1) is 6.58 Å². The van der Waals surface area contributed by atoms with Crippen molar-refractivity contribution in [2.24, 2.45) is 5.92 Å². The third-order valence-electron chi connectivity index (χ3n) is 6.62. The highest BCUT2D eigenvalue weighted by Gasteiger charge is 2.25. The maximum atomic E-state index is 14.6. The van der Waals surface area contributed by atoms with Gasteiger partial charge in [-0.05, 0) is 86.0 Å². The van der Waals surface area contributed by atoms with Gasteiger partial charge in [0, 0.05) is 0 Å². The first-order chi connectivity index (χ1) is 16.5. The topological polar surface area (TPSA) is 9.23 Å². The molecule has 3 rings (SSSR count). The molecule has 2 aromatic rings. The summed E-state index contributed by atoms with van der Waals surface area (Å²) in [5, 5.41) is 0. The fourth-order valence-corrected chi connectivity index (χ4v) is 4.66. The van der Waals surface area contributed by atoms with Crippen molar-refractivity contribution < 1.29 is 22.3 Å². The summed E-state index contributed by atoms with van der Waals surface area (Å²) in [6.07, 6.45) is 12.1. The standard InChI is InChI=1S/C29H34F4O/c1-3-5-19-34-25-18-16-23(27(31)29(25)33)10-7-6-9-20-11-13-21(14-12-20)24-17-15-22(8-4-2)26(30)28(24)32/h3,6,9,15-18,20-21H,1,4-5,7-8,10-14,19H2,2H3/b9-6+. The van der Waals surface area contributed by atoms with E-state index in [0.29, 0.717) is 48.3 Å². The molecule has 0 aliphatic heterocycles. The van der Waals surface area contributed by atoms with E-state index in [1.165, 1.54) is 6.07 Å². The zero-order chi connectivity index (χ0) is 24.5. The monoisotopic (exact) mass is 474 g/mol. The van der Waals surface area contributed by atoms with Crippen LogP contribution in [0.3, 0.4) is 0 Å². The van der Waals surface area contributed by atoms with Gasteiger partial charge in [0.2, 0.25) is 5.82 Å². The SMILES string of the molecule is C=CCCOc1ccc(CC/C=C/C2CCC(c3ccc(CCC)c(F)c3F)CC2)c(F)c1F. The van der Waals surface area contributed by atoms with Gasteiger partial charge in [-0.3, -0.25) is 0 Å². The van der Waals surface area contributed by atoms with Crippen LogP contribution in [0.2, 0.25) is 0 Å². The van der Waals surface area contributed by atoms with Crippen molar-refractivity contribution >= 4 is 0 Å². The molecule has 0 radical (unpaired) electrons. The summed E-state index contributed by atoms with van der Waals surface area (Å²) in [5.41, 5.74) is 1.27. The highest BCUT2D eigenvalue weighted by atomic mass is 19.2. The lowest BCUT2D eigenvalue weighted by Crippen LogP contribution is -2.14. The van der Waals surface area contributed by atoms with E-state index in [1.54, 1.807) is 24.3 Å². The van der Waals surface area contributed by atoms with Crippen molar-refractivity contribution in [3.05, 3.63) is 89.0 Å². The highest BCUT2D eigenvalue weighted by molar-refractivity contribution is 5.32. The molecule has 1 saturated carbocycles. The molecule has 0 amide bonds. The van der Waals surface area contributed by atoms with Crippen LogP contribution in [0.25, 0.3) is 0 Å². The maximum Gasteiger partial charge on any atom is 0.200 e. The summed E-state index contributed by atoms with van der Waals surface area (Å²) in [7, 11) is 0. The first kappa shape index (κ1) is 26.1. The minimum atomic E-state index is -0.949. The first-order valence-electron chi connectivity index (χ1n) is 12.3. The first-order valence-corrected chi connectivity index (χ1v) is 12.3. The maximum absolute atomic E-state index is 14.6. The summed E-state index contributed by atoms with van der Waals surface area (Å²) in [6, 6.07) is 6.53. The van der Waals surface area contributed by atoms with Crippen LogP contribution in [-0.4, -0.2) is 6.61 Å². The Kier molecular flexibility index (Phi) is 9.79. The molecule has 0 atom stereocenters. The minimum Gasteiger partial charge on any atom is -0.490 e.